The van der Waals surface area contributed by atoms with Gasteiger partial charge in [-0.05, 0) is 39.7 Å². The summed E-state index contributed by atoms with van der Waals surface area (Å²) in [6.07, 6.45) is 0. The summed E-state index contributed by atoms with van der Waals surface area (Å²) in [5, 5.41) is 0. The van der Waals surface area contributed by atoms with Crippen molar-refractivity contribution in [3.63, 3.8) is 0 Å². The van der Waals surface area contributed by atoms with Crippen LogP contribution in [0.25, 0.3) is 11.1 Å². The molecule has 0 fully saturated rings. The average Bonchev–Trinajstić information content (AvgIpc) is 2.38. The van der Waals surface area contributed by atoms with Crippen LogP contribution in [0, 0.1) is 6.07 Å². The van der Waals surface area contributed by atoms with Crippen LogP contribution in [0.2, 0.25) is 0 Å². The molecule has 0 heteroatoms. The zero-order chi connectivity index (χ0) is 14.0. The van der Waals surface area contributed by atoms with E-state index in [2.05, 4.69) is 77.1 Å². The molecule has 0 N–H and O–H groups in total. The van der Waals surface area contributed by atoms with Crippen LogP contribution < -0.4 is 0 Å². The summed E-state index contributed by atoms with van der Waals surface area (Å²) in [5.74, 6) is 0.582. The van der Waals surface area contributed by atoms with Crippen LogP contribution in [0.3, 0.4) is 0 Å². The molecule has 0 saturated carbocycles. The first-order chi connectivity index (χ1) is 8.88. The van der Waals surface area contributed by atoms with Crippen LogP contribution in [-0.2, 0) is 5.41 Å². The van der Waals surface area contributed by atoms with Gasteiger partial charge < -0.3 is 0 Å². The van der Waals surface area contributed by atoms with Crippen LogP contribution in [-0.4, -0.2) is 0 Å². The molecular formula is C19H23. The zero-order valence-corrected chi connectivity index (χ0v) is 12.6. The van der Waals surface area contributed by atoms with Crippen molar-refractivity contribution < 1.29 is 0 Å². The molecule has 0 unspecified atom stereocenters. The Hall–Kier alpha value is -1.56. The summed E-state index contributed by atoms with van der Waals surface area (Å²) < 4.78 is 0. The van der Waals surface area contributed by atoms with E-state index in [1.54, 1.807) is 0 Å². The van der Waals surface area contributed by atoms with E-state index in [1.165, 1.54) is 22.3 Å². The molecule has 0 atom stereocenters. The molecule has 0 amide bonds. The van der Waals surface area contributed by atoms with Crippen molar-refractivity contribution >= 4 is 0 Å². The van der Waals surface area contributed by atoms with E-state index >= 15 is 0 Å². The highest BCUT2D eigenvalue weighted by atomic mass is 14.2. The van der Waals surface area contributed by atoms with Crippen LogP contribution in [0.5, 0.6) is 0 Å². The van der Waals surface area contributed by atoms with E-state index in [0.717, 1.165) is 0 Å². The summed E-state index contributed by atoms with van der Waals surface area (Å²) in [7, 11) is 0. The molecule has 0 aliphatic heterocycles. The lowest BCUT2D eigenvalue weighted by molar-refractivity contribution is 0.590. The second kappa shape index (κ2) is 5.21. The molecule has 0 aliphatic carbocycles. The lowest BCUT2D eigenvalue weighted by Gasteiger charge is -2.19. The van der Waals surface area contributed by atoms with Crippen LogP contribution in [0.15, 0.2) is 42.5 Å². The lowest BCUT2D eigenvalue weighted by Crippen LogP contribution is -2.10. The van der Waals surface area contributed by atoms with Crippen molar-refractivity contribution in [1.82, 2.24) is 0 Å². The number of hydrogen-bond acceptors (Lipinski definition) is 0. The molecular weight excluding hydrogens is 228 g/mol. The summed E-state index contributed by atoms with van der Waals surface area (Å²) in [6, 6.07) is 18.6. The molecule has 99 valence electrons. The van der Waals surface area contributed by atoms with Crippen molar-refractivity contribution in [2.75, 3.05) is 0 Å². The summed E-state index contributed by atoms with van der Waals surface area (Å²) in [5.41, 5.74) is 5.35. The maximum atomic E-state index is 3.35. The van der Waals surface area contributed by atoms with E-state index in [4.69, 9.17) is 0 Å². The molecule has 2 rings (SSSR count). The highest BCUT2D eigenvalue weighted by molar-refractivity contribution is 5.64. The molecule has 0 aliphatic rings. The first-order valence-electron chi connectivity index (χ1n) is 7.00. The quantitative estimate of drug-likeness (QED) is 0.654. The Morgan fingerprint density at radius 1 is 0.947 bits per heavy atom. The fourth-order valence-electron chi connectivity index (χ4n) is 2.15. The van der Waals surface area contributed by atoms with Crippen molar-refractivity contribution in [3.8, 4) is 11.1 Å². The first kappa shape index (κ1) is 13.9. The largest absolute Gasteiger partial charge is 0.0587 e. The molecule has 0 nitrogen and oxygen atoms in total. The van der Waals surface area contributed by atoms with E-state index in [9.17, 15) is 0 Å². The molecule has 19 heavy (non-hydrogen) atoms. The Kier molecular flexibility index (Phi) is 3.80. The smallest absolute Gasteiger partial charge is 0.00990 e. The van der Waals surface area contributed by atoms with E-state index in [-0.39, 0.29) is 5.41 Å². The maximum absolute atomic E-state index is 3.35. The van der Waals surface area contributed by atoms with Gasteiger partial charge in [-0.25, -0.2) is 0 Å². The predicted octanol–water partition coefficient (Wildman–Crippen LogP) is 5.57. The topological polar surface area (TPSA) is 0 Å². The van der Waals surface area contributed by atoms with Crippen LogP contribution in [0.4, 0.5) is 0 Å². The third-order valence-electron chi connectivity index (χ3n) is 3.56. The molecule has 0 spiro atoms. The standard InChI is InChI=1S/C19H23/c1-14(2)15-9-11-16(12-10-15)17-7-6-8-18(13-17)19(3,4)5/h6,8-14H,1-5H3. The second-order valence-electron chi connectivity index (χ2n) is 6.52. The third kappa shape index (κ3) is 3.26. The average molecular weight is 251 g/mol. The molecule has 0 heterocycles. The summed E-state index contributed by atoms with van der Waals surface area (Å²) in [4.78, 5) is 0. The van der Waals surface area contributed by atoms with Crippen molar-refractivity contribution in [2.24, 2.45) is 0 Å². The minimum absolute atomic E-state index is 0.182. The van der Waals surface area contributed by atoms with Gasteiger partial charge in [0.25, 0.3) is 0 Å². The van der Waals surface area contributed by atoms with Gasteiger partial charge in [-0.1, -0.05) is 77.1 Å². The number of rotatable bonds is 2. The van der Waals surface area contributed by atoms with Gasteiger partial charge in [0.2, 0.25) is 0 Å². The van der Waals surface area contributed by atoms with Gasteiger partial charge in [-0.2, -0.15) is 0 Å². The molecule has 1 radical (unpaired) electrons. The molecule has 2 aromatic rings. The lowest BCUT2D eigenvalue weighted by atomic mass is 9.85. The maximum Gasteiger partial charge on any atom is -0.00990 e. The first-order valence-corrected chi connectivity index (χ1v) is 7.00. The zero-order valence-electron chi connectivity index (χ0n) is 12.6. The van der Waals surface area contributed by atoms with Gasteiger partial charge in [0.15, 0.2) is 0 Å². The second-order valence-corrected chi connectivity index (χ2v) is 6.52. The Labute approximate surface area is 117 Å². The van der Waals surface area contributed by atoms with Gasteiger partial charge in [-0.15, -0.1) is 0 Å². The minimum Gasteiger partial charge on any atom is -0.0587 e. The van der Waals surface area contributed by atoms with Gasteiger partial charge in [0, 0.05) is 0 Å². The molecule has 0 aromatic heterocycles. The molecule has 2 aromatic carbocycles. The summed E-state index contributed by atoms with van der Waals surface area (Å²) in [6.45, 7) is 11.2. The van der Waals surface area contributed by atoms with E-state index < -0.39 is 0 Å². The highest BCUT2D eigenvalue weighted by Crippen LogP contribution is 2.28. The van der Waals surface area contributed by atoms with Gasteiger partial charge in [0.05, 0.1) is 0 Å². The van der Waals surface area contributed by atoms with Gasteiger partial charge in [-0.3, -0.25) is 0 Å². The fourth-order valence-corrected chi connectivity index (χ4v) is 2.15. The van der Waals surface area contributed by atoms with E-state index in [0.29, 0.717) is 5.92 Å². The Bertz CT molecular complexity index is 539. The highest BCUT2D eigenvalue weighted by Gasteiger charge is 2.14. The SMILES string of the molecule is CC(C)c1ccc(-c2[c]ccc(C(C)(C)C)c2)cc1. The Balaban J connectivity index is 2.37. The van der Waals surface area contributed by atoms with Crippen LogP contribution in [0.1, 0.15) is 51.7 Å². The normalized spacial score (nSPS) is 11.9. The Morgan fingerprint density at radius 3 is 2.11 bits per heavy atom. The van der Waals surface area contributed by atoms with Crippen LogP contribution >= 0.6 is 0 Å². The number of benzene rings is 2. The Morgan fingerprint density at radius 2 is 1.58 bits per heavy atom. The van der Waals surface area contributed by atoms with E-state index in [1.807, 2.05) is 6.07 Å². The fraction of sp³-hybridized carbons (Fsp3) is 0.368. The predicted molar refractivity (Wildman–Crippen MR) is 83.5 cm³/mol. The third-order valence-corrected chi connectivity index (χ3v) is 3.56. The van der Waals surface area contributed by atoms with Gasteiger partial charge >= 0.3 is 0 Å². The molecule has 0 saturated heterocycles. The number of hydrogen-bond donors (Lipinski definition) is 0. The van der Waals surface area contributed by atoms with Gasteiger partial charge in [0.1, 0.15) is 0 Å². The monoisotopic (exact) mass is 251 g/mol. The van der Waals surface area contributed by atoms with Crippen molar-refractivity contribution in [2.45, 2.75) is 46.0 Å². The van der Waals surface area contributed by atoms with Crippen molar-refractivity contribution in [1.29, 1.82) is 0 Å². The molecule has 0 bridgehead atoms. The minimum atomic E-state index is 0.182. The summed E-state index contributed by atoms with van der Waals surface area (Å²) >= 11 is 0. The van der Waals surface area contributed by atoms with Crippen molar-refractivity contribution in [3.05, 3.63) is 59.7 Å².